The summed E-state index contributed by atoms with van der Waals surface area (Å²) in [5, 5.41) is 11.9. The summed E-state index contributed by atoms with van der Waals surface area (Å²) in [5.74, 6) is -0.325. The van der Waals surface area contributed by atoms with E-state index in [1.807, 2.05) is 0 Å². The van der Waals surface area contributed by atoms with E-state index >= 15 is 0 Å². The average molecular weight is 453 g/mol. The number of rotatable bonds is 7. The number of thioether (sulfide) groups is 1. The monoisotopic (exact) mass is 452 g/mol. The van der Waals surface area contributed by atoms with E-state index in [1.54, 1.807) is 23.7 Å². The highest BCUT2D eigenvalue weighted by Gasteiger charge is 2.16. The van der Waals surface area contributed by atoms with Gasteiger partial charge in [0.25, 0.3) is 0 Å². The molecule has 29 heavy (non-hydrogen) atoms. The second kappa shape index (κ2) is 9.39. The summed E-state index contributed by atoms with van der Waals surface area (Å²) < 4.78 is 14.6. The molecule has 3 rings (SSSR count). The standard InChI is InChI=1S/C19H15Cl2FN4O2S/c1-26-17(9-18(28)23-13-5-3-12(22)4-6-13)24-25-19(26)29-10-16(27)14-7-2-11(20)8-15(14)21/h2-8H,9-10H2,1H3,(H,23,28). The molecule has 0 atom stereocenters. The summed E-state index contributed by atoms with van der Waals surface area (Å²) in [5.41, 5.74) is 0.864. The van der Waals surface area contributed by atoms with Crippen molar-refractivity contribution in [3.8, 4) is 0 Å². The van der Waals surface area contributed by atoms with Gasteiger partial charge in [-0.25, -0.2) is 4.39 Å². The third-order valence-corrected chi connectivity index (χ3v) is 5.50. The molecular weight excluding hydrogens is 438 g/mol. The average Bonchev–Trinajstić information content (AvgIpc) is 3.01. The molecule has 0 aliphatic rings. The van der Waals surface area contributed by atoms with Crippen molar-refractivity contribution in [3.63, 3.8) is 0 Å². The molecule has 0 aliphatic heterocycles. The van der Waals surface area contributed by atoms with Crippen LogP contribution in [0.3, 0.4) is 0 Å². The van der Waals surface area contributed by atoms with Gasteiger partial charge in [0.15, 0.2) is 10.9 Å². The van der Waals surface area contributed by atoms with Crippen LogP contribution in [-0.4, -0.2) is 32.2 Å². The highest BCUT2D eigenvalue weighted by molar-refractivity contribution is 7.99. The summed E-state index contributed by atoms with van der Waals surface area (Å²) >= 11 is 13.1. The zero-order valence-electron chi connectivity index (χ0n) is 15.2. The van der Waals surface area contributed by atoms with Crippen LogP contribution < -0.4 is 5.32 Å². The lowest BCUT2D eigenvalue weighted by atomic mass is 10.1. The molecule has 1 N–H and O–H groups in total. The first kappa shape index (κ1) is 21.3. The molecule has 1 aromatic heterocycles. The number of hydrogen-bond donors (Lipinski definition) is 1. The molecule has 2 aromatic carbocycles. The Bertz CT molecular complexity index is 1060. The van der Waals surface area contributed by atoms with E-state index in [-0.39, 0.29) is 29.7 Å². The number of carbonyl (C=O) groups excluding carboxylic acids is 2. The lowest BCUT2D eigenvalue weighted by Crippen LogP contribution is -2.17. The third kappa shape index (κ3) is 5.56. The zero-order chi connectivity index (χ0) is 21.0. The van der Waals surface area contributed by atoms with E-state index in [0.29, 0.717) is 32.3 Å². The van der Waals surface area contributed by atoms with E-state index in [9.17, 15) is 14.0 Å². The van der Waals surface area contributed by atoms with Crippen molar-refractivity contribution in [2.24, 2.45) is 7.05 Å². The molecule has 0 radical (unpaired) electrons. The van der Waals surface area contributed by atoms with Gasteiger partial charge in [-0.2, -0.15) is 0 Å². The van der Waals surface area contributed by atoms with E-state index in [0.717, 1.165) is 0 Å². The summed E-state index contributed by atoms with van der Waals surface area (Å²) in [6.45, 7) is 0. The Morgan fingerprint density at radius 3 is 2.55 bits per heavy atom. The predicted molar refractivity (Wildman–Crippen MR) is 111 cm³/mol. The van der Waals surface area contributed by atoms with Crippen LogP contribution in [0.25, 0.3) is 0 Å². The van der Waals surface area contributed by atoms with E-state index < -0.39 is 0 Å². The molecule has 10 heteroatoms. The van der Waals surface area contributed by atoms with Crippen molar-refractivity contribution in [1.29, 1.82) is 0 Å². The van der Waals surface area contributed by atoms with Gasteiger partial charge in [0.1, 0.15) is 11.6 Å². The van der Waals surface area contributed by atoms with Crippen LogP contribution in [0.5, 0.6) is 0 Å². The minimum absolute atomic E-state index is 0.0155. The third-order valence-electron chi connectivity index (χ3n) is 3.94. The number of Topliss-reactive ketones (excluding diaryl/α,β-unsaturated/α-hetero) is 1. The lowest BCUT2D eigenvalue weighted by molar-refractivity contribution is -0.115. The smallest absolute Gasteiger partial charge is 0.232 e. The molecule has 1 amide bonds. The van der Waals surface area contributed by atoms with Crippen LogP contribution in [0, 0.1) is 5.82 Å². The number of nitrogens with one attached hydrogen (secondary N) is 1. The maximum absolute atomic E-state index is 12.9. The van der Waals surface area contributed by atoms with E-state index in [1.165, 1.54) is 42.1 Å². The number of benzene rings is 2. The SMILES string of the molecule is Cn1c(CC(=O)Nc2ccc(F)cc2)nnc1SCC(=O)c1ccc(Cl)cc1Cl. The topological polar surface area (TPSA) is 76.9 Å². The first-order chi connectivity index (χ1) is 13.8. The Morgan fingerprint density at radius 2 is 1.86 bits per heavy atom. The number of anilines is 1. The predicted octanol–water partition coefficient (Wildman–Crippen LogP) is 4.42. The Morgan fingerprint density at radius 1 is 1.14 bits per heavy atom. The molecule has 0 unspecified atom stereocenters. The van der Waals surface area contributed by atoms with Crippen LogP contribution in [0.2, 0.25) is 10.0 Å². The van der Waals surface area contributed by atoms with E-state index in [4.69, 9.17) is 23.2 Å². The Balaban J connectivity index is 1.59. The molecule has 0 saturated carbocycles. The maximum atomic E-state index is 12.9. The molecular formula is C19H15Cl2FN4O2S. The van der Waals surface area contributed by atoms with Gasteiger partial charge >= 0.3 is 0 Å². The second-order valence-electron chi connectivity index (χ2n) is 6.03. The first-order valence-electron chi connectivity index (χ1n) is 8.38. The van der Waals surface area contributed by atoms with Crippen LogP contribution in [-0.2, 0) is 18.3 Å². The summed E-state index contributed by atoms with van der Waals surface area (Å²) in [7, 11) is 1.71. The van der Waals surface area contributed by atoms with Crippen LogP contribution >= 0.6 is 35.0 Å². The highest BCUT2D eigenvalue weighted by Crippen LogP contribution is 2.24. The number of amides is 1. The number of carbonyl (C=O) groups is 2. The first-order valence-corrected chi connectivity index (χ1v) is 10.1. The van der Waals surface area contributed by atoms with Crippen molar-refractivity contribution in [2.45, 2.75) is 11.6 Å². The fourth-order valence-electron chi connectivity index (χ4n) is 2.43. The highest BCUT2D eigenvalue weighted by atomic mass is 35.5. The maximum Gasteiger partial charge on any atom is 0.232 e. The Hall–Kier alpha value is -2.42. The van der Waals surface area contributed by atoms with Gasteiger partial charge < -0.3 is 9.88 Å². The number of nitrogens with zero attached hydrogens (tertiary/aromatic N) is 3. The normalized spacial score (nSPS) is 10.8. The zero-order valence-corrected chi connectivity index (χ0v) is 17.5. The molecule has 1 heterocycles. The van der Waals surface area contributed by atoms with E-state index in [2.05, 4.69) is 15.5 Å². The van der Waals surface area contributed by atoms with Crippen LogP contribution in [0.1, 0.15) is 16.2 Å². The fourth-order valence-corrected chi connectivity index (χ4v) is 3.76. The largest absolute Gasteiger partial charge is 0.326 e. The minimum Gasteiger partial charge on any atom is -0.326 e. The molecule has 150 valence electrons. The number of halogens is 3. The van der Waals surface area contributed by atoms with Crippen LogP contribution in [0.4, 0.5) is 10.1 Å². The molecule has 0 spiro atoms. The molecule has 0 bridgehead atoms. The van der Waals surface area contributed by atoms with Gasteiger partial charge in [-0.3, -0.25) is 9.59 Å². The van der Waals surface area contributed by atoms with Crippen LogP contribution in [0.15, 0.2) is 47.6 Å². The molecule has 6 nitrogen and oxygen atoms in total. The summed E-state index contributed by atoms with van der Waals surface area (Å²) in [4.78, 5) is 24.5. The number of ketones is 1. The van der Waals surface area contributed by atoms with Crippen molar-refractivity contribution in [1.82, 2.24) is 14.8 Å². The molecule has 0 aliphatic carbocycles. The van der Waals surface area contributed by atoms with Crippen molar-refractivity contribution in [3.05, 3.63) is 69.7 Å². The molecule has 0 saturated heterocycles. The molecule has 0 fully saturated rings. The Labute approximate surface area is 180 Å². The second-order valence-corrected chi connectivity index (χ2v) is 7.81. The molecule has 3 aromatic rings. The fraction of sp³-hybridized carbons (Fsp3) is 0.158. The minimum atomic E-state index is -0.382. The van der Waals surface area contributed by atoms with Gasteiger partial charge in [-0.1, -0.05) is 35.0 Å². The van der Waals surface area contributed by atoms with Gasteiger partial charge in [-0.05, 0) is 42.5 Å². The van der Waals surface area contributed by atoms with Crippen molar-refractivity contribution in [2.75, 3.05) is 11.1 Å². The number of aromatic nitrogens is 3. The summed E-state index contributed by atoms with van der Waals surface area (Å²) in [6, 6.07) is 10.2. The van der Waals surface area contributed by atoms with Gasteiger partial charge in [0, 0.05) is 23.3 Å². The quantitative estimate of drug-likeness (QED) is 0.424. The Kier molecular flexibility index (Phi) is 6.89. The van der Waals surface area contributed by atoms with Gasteiger partial charge in [0.05, 0.1) is 17.2 Å². The van der Waals surface area contributed by atoms with Gasteiger partial charge in [0.2, 0.25) is 5.91 Å². The van der Waals surface area contributed by atoms with Gasteiger partial charge in [-0.15, -0.1) is 10.2 Å². The lowest BCUT2D eigenvalue weighted by Gasteiger charge is -2.06. The van der Waals surface area contributed by atoms with Crippen molar-refractivity contribution < 1.29 is 14.0 Å². The summed E-state index contributed by atoms with van der Waals surface area (Å²) in [6.07, 6.45) is -0.0155. The number of hydrogen-bond acceptors (Lipinski definition) is 5. The van der Waals surface area contributed by atoms with Crippen molar-refractivity contribution >= 4 is 52.3 Å².